The third-order valence-electron chi connectivity index (χ3n) is 4.39. The average molecular weight is 658 g/mol. The van der Waals surface area contributed by atoms with Gasteiger partial charge in [-0.25, -0.2) is 0 Å². The summed E-state index contributed by atoms with van der Waals surface area (Å²) in [6.07, 6.45) is -6.45. The van der Waals surface area contributed by atoms with E-state index < -0.39 is 58.8 Å². The second-order valence-corrected chi connectivity index (χ2v) is 8.38. The molecule has 3 heterocycles. The highest BCUT2D eigenvalue weighted by Gasteiger charge is 2.40. The summed E-state index contributed by atoms with van der Waals surface area (Å²) in [5, 5.41) is 18.0. The Morgan fingerprint density at radius 1 is 1.00 bits per heavy atom. The van der Waals surface area contributed by atoms with Crippen LogP contribution in [0.3, 0.4) is 0 Å². The van der Waals surface area contributed by atoms with Crippen LogP contribution in [0.5, 0.6) is 0 Å². The van der Waals surface area contributed by atoms with E-state index in [0.717, 1.165) is 9.36 Å². The predicted octanol–water partition coefficient (Wildman–Crippen LogP) is 4.90. The third-order valence-corrected chi connectivity index (χ3v) is 5.72. The van der Waals surface area contributed by atoms with Crippen molar-refractivity contribution in [3.63, 3.8) is 0 Å². The molecule has 0 bridgehead atoms. The molecule has 0 aliphatic rings. The van der Waals surface area contributed by atoms with Crippen LogP contribution in [0.4, 0.5) is 26.3 Å². The second-order valence-electron chi connectivity index (χ2n) is 7.07. The standard InChI is InChI=1S/C10H8ClF3N4O2.C9H9BrClF3N2O2/c11-8-6(4-17-3-1-2-15-17)18(5-7(19)20)16-9(8)10(12,13)14;1-2-18-6(17)4-16-5(3-10)7(11)8(15-16)9(12,13)14/h1-3H,4-5H2,(H,19,20);2-4H2,1H3. The number of hydrogen-bond acceptors (Lipinski definition) is 6. The molecule has 0 aliphatic heterocycles. The molecule has 0 amide bonds. The van der Waals surface area contributed by atoms with Gasteiger partial charge in [0.15, 0.2) is 11.4 Å². The number of carbonyl (C=O) groups is 2. The van der Waals surface area contributed by atoms with Gasteiger partial charge >= 0.3 is 24.3 Å². The van der Waals surface area contributed by atoms with Gasteiger partial charge in [0.05, 0.1) is 34.6 Å². The van der Waals surface area contributed by atoms with Crippen molar-refractivity contribution in [1.82, 2.24) is 29.3 Å². The van der Waals surface area contributed by atoms with E-state index in [1.165, 1.54) is 17.1 Å². The summed E-state index contributed by atoms with van der Waals surface area (Å²) in [5.41, 5.74) is -2.49. The molecule has 210 valence electrons. The van der Waals surface area contributed by atoms with Gasteiger partial charge in [0, 0.05) is 17.7 Å². The molecule has 0 spiro atoms. The Morgan fingerprint density at radius 3 is 1.95 bits per heavy atom. The van der Waals surface area contributed by atoms with Crippen LogP contribution in [0, 0.1) is 0 Å². The largest absolute Gasteiger partial charge is 0.480 e. The van der Waals surface area contributed by atoms with Gasteiger partial charge in [0.25, 0.3) is 0 Å². The summed E-state index contributed by atoms with van der Waals surface area (Å²) in [6.45, 7) is 0.503. The molecule has 3 aromatic heterocycles. The SMILES string of the molecule is CCOC(=O)Cn1nc(C(F)(F)F)c(Cl)c1CBr.O=C(O)Cn1nc(C(F)(F)F)c(Cl)c1Cn1cccn1. The molecule has 1 N–H and O–H groups in total. The first-order valence-corrected chi connectivity index (χ1v) is 12.0. The normalized spacial score (nSPS) is 11.7. The summed E-state index contributed by atoms with van der Waals surface area (Å²) in [4.78, 5) is 21.9. The van der Waals surface area contributed by atoms with Gasteiger partial charge in [-0.15, -0.1) is 0 Å². The van der Waals surface area contributed by atoms with Crippen molar-refractivity contribution < 1.29 is 45.8 Å². The molecule has 0 saturated heterocycles. The minimum Gasteiger partial charge on any atom is -0.480 e. The number of esters is 1. The third kappa shape index (κ3) is 8.10. The van der Waals surface area contributed by atoms with Gasteiger partial charge in [-0.1, -0.05) is 39.1 Å². The van der Waals surface area contributed by atoms with Crippen molar-refractivity contribution in [2.75, 3.05) is 6.61 Å². The number of carboxylic acid groups (broad SMARTS) is 1. The Hall–Kier alpha value is -2.79. The van der Waals surface area contributed by atoms with Crippen LogP contribution in [0.2, 0.25) is 10.0 Å². The fourth-order valence-corrected chi connectivity index (χ4v) is 4.20. The van der Waals surface area contributed by atoms with Crippen LogP contribution in [0.15, 0.2) is 18.5 Å². The maximum atomic E-state index is 12.7. The van der Waals surface area contributed by atoms with Crippen molar-refractivity contribution in [2.45, 2.75) is 44.2 Å². The Bertz CT molecular complexity index is 1260. The van der Waals surface area contributed by atoms with Crippen LogP contribution in [0.1, 0.15) is 29.7 Å². The molecule has 0 aliphatic carbocycles. The molecule has 0 saturated carbocycles. The molecule has 0 atom stereocenters. The predicted molar refractivity (Wildman–Crippen MR) is 123 cm³/mol. The molecule has 3 aromatic rings. The van der Waals surface area contributed by atoms with E-state index in [2.05, 4.69) is 36.0 Å². The summed E-state index contributed by atoms with van der Waals surface area (Å²) in [5.74, 6) is -1.99. The minimum absolute atomic E-state index is 0.0499. The van der Waals surface area contributed by atoms with E-state index in [9.17, 15) is 35.9 Å². The minimum atomic E-state index is -4.75. The first-order chi connectivity index (χ1) is 17.6. The Balaban J connectivity index is 0.000000269. The average Bonchev–Trinajstić information content (AvgIpc) is 3.48. The molecule has 0 fully saturated rings. The van der Waals surface area contributed by atoms with Gasteiger partial charge in [-0.2, -0.15) is 41.6 Å². The molecule has 38 heavy (non-hydrogen) atoms. The first kappa shape index (κ1) is 31.4. The van der Waals surface area contributed by atoms with E-state index in [1.807, 2.05) is 0 Å². The highest BCUT2D eigenvalue weighted by molar-refractivity contribution is 9.08. The van der Waals surface area contributed by atoms with Gasteiger partial charge in [-0.05, 0) is 13.0 Å². The van der Waals surface area contributed by atoms with Gasteiger partial charge in [0.1, 0.15) is 13.1 Å². The van der Waals surface area contributed by atoms with Crippen LogP contribution in [-0.4, -0.2) is 53.0 Å². The molecule has 0 unspecified atom stereocenters. The van der Waals surface area contributed by atoms with Crippen molar-refractivity contribution in [3.05, 3.63) is 51.3 Å². The summed E-state index contributed by atoms with van der Waals surface area (Å²) in [7, 11) is 0. The molecule has 3 rings (SSSR count). The zero-order chi connectivity index (χ0) is 28.8. The molecule has 19 heteroatoms. The molecular weight excluding hydrogens is 641 g/mol. The maximum absolute atomic E-state index is 12.7. The number of ether oxygens (including phenoxy) is 1. The summed E-state index contributed by atoms with van der Waals surface area (Å²) < 4.78 is 83.5. The molecule has 0 radical (unpaired) electrons. The van der Waals surface area contributed by atoms with Crippen molar-refractivity contribution in [1.29, 1.82) is 0 Å². The number of aromatic nitrogens is 6. The topological polar surface area (TPSA) is 117 Å². The van der Waals surface area contributed by atoms with Crippen LogP contribution >= 0.6 is 39.1 Å². The fourth-order valence-electron chi connectivity index (χ4n) is 2.86. The van der Waals surface area contributed by atoms with E-state index in [1.54, 1.807) is 13.0 Å². The maximum Gasteiger partial charge on any atom is 0.436 e. The molecular formula is C19H17BrCl2F6N6O4. The number of carbonyl (C=O) groups excluding carboxylic acids is 1. The highest BCUT2D eigenvalue weighted by atomic mass is 79.9. The number of aliphatic carboxylic acids is 1. The van der Waals surface area contributed by atoms with Crippen LogP contribution < -0.4 is 0 Å². The lowest BCUT2D eigenvalue weighted by molar-refractivity contribution is -0.146. The van der Waals surface area contributed by atoms with E-state index in [4.69, 9.17) is 28.3 Å². The highest BCUT2D eigenvalue weighted by Crippen LogP contribution is 2.37. The Labute approximate surface area is 228 Å². The number of hydrogen-bond donors (Lipinski definition) is 1. The van der Waals surface area contributed by atoms with E-state index >= 15 is 0 Å². The van der Waals surface area contributed by atoms with Crippen LogP contribution in [-0.2, 0) is 51.6 Å². The number of nitrogens with zero attached hydrogens (tertiary/aromatic N) is 6. The lowest BCUT2D eigenvalue weighted by Crippen LogP contribution is -2.17. The van der Waals surface area contributed by atoms with E-state index in [0.29, 0.717) is 0 Å². The smallest absolute Gasteiger partial charge is 0.436 e. The number of rotatable bonds is 8. The number of carboxylic acids is 1. The van der Waals surface area contributed by atoms with Crippen molar-refractivity contribution >= 4 is 51.1 Å². The Kier molecular flexibility index (Phi) is 10.6. The van der Waals surface area contributed by atoms with Crippen LogP contribution in [0.25, 0.3) is 0 Å². The zero-order valence-corrected chi connectivity index (χ0v) is 22.1. The van der Waals surface area contributed by atoms with Gasteiger partial charge < -0.3 is 9.84 Å². The summed E-state index contributed by atoms with van der Waals surface area (Å²) in [6, 6.07) is 1.58. The second kappa shape index (κ2) is 12.8. The molecule has 10 nitrogen and oxygen atoms in total. The number of alkyl halides is 7. The van der Waals surface area contributed by atoms with E-state index in [-0.39, 0.29) is 29.9 Å². The fraction of sp³-hybridized carbons (Fsp3) is 0.421. The first-order valence-electron chi connectivity index (χ1n) is 10.2. The summed E-state index contributed by atoms with van der Waals surface area (Å²) >= 11 is 14.3. The van der Waals surface area contributed by atoms with Gasteiger partial charge in [0.2, 0.25) is 0 Å². The van der Waals surface area contributed by atoms with Gasteiger partial charge in [-0.3, -0.25) is 23.6 Å². The Morgan fingerprint density at radius 2 is 1.53 bits per heavy atom. The lowest BCUT2D eigenvalue weighted by atomic mass is 10.3. The zero-order valence-electron chi connectivity index (χ0n) is 19.0. The lowest BCUT2D eigenvalue weighted by Gasteiger charge is -2.05. The number of halogens is 9. The quantitative estimate of drug-likeness (QED) is 0.208. The van der Waals surface area contributed by atoms with Crippen molar-refractivity contribution in [2.24, 2.45) is 0 Å². The van der Waals surface area contributed by atoms with Crippen molar-refractivity contribution in [3.8, 4) is 0 Å². The molecule has 0 aromatic carbocycles. The monoisotopic (exact) mass is 656 g/mol.